The molecule has 2 unspecified atom stereocenters. The number of nitrogens with zero attached hydrogens (tertiary/aromatic N) is 5. The summed E-state index contributed by atoms with van der Waals surface area (Å²) >= 11 is 12.2. The number of ether oxygens (including phenoxy) is 1. The Bertz CT molecular complexity index is 1790. The Morgan fingerprint density at radius 2 is 1.27 bits per heavy atom. The summed E-state index contributed by atoms with van der Waals surface area (Å²) in [4.78, 5) is 54.5. The molecular weight excluding hydrogens is 661 g/mol. The van der Waals surface area contributed by atoms with Crippen molar-refractivity contribution in [1.29, 1.82) is 0 Å². The molecule has 0 saturated carbocycles. The zero-order chi connectivity index (χ0) is 35.0. The van der Waals surface area contributed by atoms with E-state index >= 15 is 0 Å². The van der Waals surface area contributed by atoms with Crippen LogP contribution in [0.3, 0.4) is 0 Å². The van der Waals surface area contributed by atoms with E-state index in [9.17, 15) is 29.4 Å². The van der Waals surface area contributed by atoms with E-state index in [4.69, 9.17) is 27.9 Å². The highest BCUT2D eigenvalue weighted by Gasteiger charge is 2.51. The highest BCUT2D eigenvalue weighted by Crippen LogP contribution is 2.46. The molecule has 2 N–H and O–H groups in total. The molecule has 14 heteroatoms. The van der Waals surface area contributed by atoms with E-state index in [0.717, 1.165) is 28.8 Å². The normalized spacial score (nSPS) is 18.1. The van der Waals surface area contributed by atoms with Crippen molar-refractivity contribution < 1.29 is 34.1 Å². The maximum atomic E-state index is 14.4. The number of anilines is 3. The van der Waals surface area contributed by atoms with Crippen molar-refractivity contribution in [3.8, 4) is 5.75 Å². The summed E-state index contributed by atoms with van der Waals surface area (Å²) in [5.41, 5.74) is 2.20. The smallest absolute Gasteiger partial charge is 0.337 e. The molecule has 2 aliphatic heterocycles. The Hall–Kier alpha value is -4.94. The molecule has 0 saturated heterocycles. The number of hydrogen-bond acceptors (Lipinski definition) is 8. The number of halogens is 2. The first kappa shape index (κ1) is 34.4. The highest BCUT2D eigenvalue weighted by atomic mass is 35.5. The van der Waals surface area contributed by atoms with Crippen LogP contribution in [0.5, 0.6) is 5.75 Å². The fourth-order valence-corrected chi connectivity index (χ4v) is 6.68. The van der Waals surface area contributed by atoms with Gasteiger partial charge in [-0.2, -0.15) is 10.2 Å². The van der Waals surface area contributed by atoms with Gasteiger partial charge in [0, 0.05) is 42.2 Å². The monoisotopic (exact) mass is 693 g/mol. The summed E-state index contributed by atoms with van der Waals surface area (Å²) in [5, 5.41) is 30.6. The lowest BCUT2D eigenvalue weighted by Gasteiger charge is -2.31. The third-order valence-electron chi connectivity index (χ3n) is 8.64. The van der Waals surface area contributed by atoms with Gasteiger partial charge in [0.1, 0.15) is 5.75 Å². The Labute approximate surface area is 286 Å². The second-order valence-corrected chi connectivity index (χ2v) is 12.1. The quantitative estimate of drug-likeness (QED) is 0.234. The molecule has 5 rings (SSSR count). The van der Waals surface area contributed by atoms with Crippen LogP contribution in [0.4, 0.5) is 17.1 Å². The van der Waals surface area contributed by atoms with Gasteiger partial charge in [0.15, 0.2) is 0 Å². The average molecular weight is 695 g/mol. The van der Waals surface area contributed by atoms with Gasteiger partial charge in [-0.05, 0) is 75.7 Å². The number of carbonyl (C=O) groups excluding carboxylic acids is 2. The Morgan fingerprint density at radius 1 is 0.812 bits per heavy atom. The molecule has 250 valence electrons. The van der Waals surface area contributed by atoms with E-state index in [1.165, 1.54) is 43.5 Å². The van der Waals surface area contributed by atoms with E-state index in [1.807, 2.05) is 32.0 Å². The van der Waals surface area contributed by atoms with Crippen molar-refractivity contribution in [2.75, 3.05) is 35.1 Å². The number of carboxylic acid groups (broad SMARTS) is 2. The largest absolute Gasteiger partial charge is 0.496 e. The van der Waals surface area contributed by atoms with Gasteiger partial charge in [0.25, 0.3) is 11.8 Å². The lowest BCUT2D eigenvalue weighted by molar-refractivity contribution is -0.122. The second kappa shape index (κ2) is 13.7. The summed E-state index contributed by atoms with van der Waals surface area (Å²) in [5.74, 6) is -5.96. The topological polar surface area (TPSA) is 152 Å². The van der Waals surface area contributed by atoms with Gasteiger partial charge in [0.05, 0.1) is 51.5 Å². The fraction of sp³-hybridized carbons (Fsp3) is 0.294. The number of benzene rings is 3. The number of hydrogen-bond donors (Lipinski definition) is 2. The number of rotatable bonds is 11. The molecular formula is C34H33Cl2N5O7. The van der Waals surface area contributed by atoms with E-state index in [2.05, 4.69) is 15.1 Å². The maximum Gasteiger partial charge on any atom is 0.337 e. The first-order valence-corrected chi connectivity index (χ1v) is 15.8. The molecule has 0 aromatic heterocycles. The molecule has 2 atom stereocenters. The number of carbonyl (C=O) groups is 4. The van der Waals surface area contributed by atoms with Gasteiger partial charge < -0.3 is 19.8 Å². The van der Waals surface area contributed by atoms with Gasteiger partial charge in [0.2, 0.25) is 0 Å². The van der Waals surface area contributed by atoms with Crippen molar-refractivity contribution in [2.45, 2.75) is 33.6 Å². The summed E-state index contributed by atoms with van der Waals surface area (Å²) in [6, 6.07) is 13.9. The zero-order valence-electron chi connectivity index (χ0n) is 26.8. The lowest BCUT2D eigenvalue weighted by Crippen LogP contribution is -2.40. The fourth-order valence-electron chi connectivity index (χ4n) is 6.29. The molecule has 48 heavy (non-hydrogen) atoms. The van der Waals surface area contributed by atoms with Crippen LogP contribution >= 0.6 is 23.2 Å². The first-order chi connectivity index (χ1) is 22.8. The van der Waals surface area contributed by atoms with Gasteiger partial charge in [-0.15, -0.1) is 0 Å². The van der Waals surface area contributed by atoms with Crippen molar-refractivity contribution in [3.63, 3.8) is 0 Å². The lowest BCUT2D eigenvalue weighted by atomic mass is 9.72. The molecule has 12 nitrogen and oxygen atoms in total. The Morgan fingerprint density at radius 3 is 1.67 bits per heavy atom. The number of amides is 2. The molecule has 0 spiro atoms. The molecule has 0 fully saturated rings. The third kappa shape index (κ3) is 6.09. The molecule has 2 amide bonds. The van der Waals surface area contributed by atoms with Crippen molar-refractivity contribution in [2.24, 2.45) is 22.0 Å². The van der Waals surface area contributed by atoms with E-state index in [0.29, 0.717) is 22.7 Å². The molecule has 3 aromatic carbocycles. The Kier molecular flexibility index (Phi) is 9.79. The van der Waals surface area contributed by atoms with Crippen molar-refractivity contribution >= 4 is 75.4 Å². The van der Waals surface area contributed by atoms with Crippen LogP contribution in [0.2, 0.25) is 10.0 Å². The van der Waals surface area contributed by atoms with Crippen LogP contribution in [0.25, 0.3) is 0 Å². The van der Waals surface area contributed by atoms with E-state index < -0.39 is 41.5 Å². The molecule has 0 aliphatic carbocycles. The van der Waals surface area contributed by atoms with Crippen molar-refractivity contribution in [1.82, 2.24) is 0 Å². The number of carboxylic acids is 2. The van der Waals surface area contributed by atoms with E-state index in [-0.39, 0.29) is 32.5 Å². The molecule has 2 heterocycles. The van der Waals surface area contributed by atoms with Crippen LogP contribution in [-0.4, -0.2) is 65.6 Å². The SMILES string of the molecule is CCN(CC)c1ccc(C(C2C(=O)N(c3ccc(Cl)c(C(=O)O)c3)N=C2C)C2C(=O)N(c3ccc(Cl)c(C(=O)O)c3)N=C2C)c(OC)c1. The molecule has 0 radical (unpaired) electrons. The van der Waals surface area contributed by atoms with Gasteiger partial charge in [-0.25, -0.2) is 19.6 Å². The zero-order valence-corrected chi connectivity index (χ0v) is 28.3. The summed E-state index contributed by atoms with van der Waals surface area (Å²) in [7, 11) is 1.51. The number of hydrazone groups is 2. The predicted molar refractivity (Wildman–Crippen MR) is 184 cm³/mol. The van der Waals surface area contributed by atoms with E-state index in [1.54, 1.807) is 13.8 Å². The van der Waals surface area contributed by atoms with Crippen molar-refractivity contribution in [3.05, 3.63) is 81.3 Å². The van der Waals surface area contributed by atoms with Gasteiger partial charge in [-0.1, -0.05) is 29.3 Å². The minimum absolute atomic E-state index is 0.00258. The minimum Gasteiger partial charge on any atom is -0.496 e. The van der Waals surface area contributed by atoms with Crippen LogP contribution in [0.15, 0.2) is 64.8 Å². The van der Waals surface area contributed by atoms with Crippen LogP contribution < -0.4 is 19.7 Å². The molecule has 0 bridgehead atoms. The van der Waals surface area contributed by atoms with Crippen LogP contribution in [0, 0.1) is 11.8 Å². The number of methoxy groups -OCH3 is 1. The molecule has 2 aliphatic rings. The predicted octanol–water partition coefficient (Wildman–Crippen LogP) is 6.41. The minimum atomic E-state index is -1.27. The van der Waals surface area contributed by atoms with Crippen LogP contribution in [0.1, 0.15) is 59.9 Å². The average Bonchev–Trinajstić information content (AvgIpc) is 3.52. The second-order valence-electron chi connectivity index (χ2n) is 11.3. The Balaban J connectivity index is 1.64. The summed E-state index contributed by atoms with van der Waals surface area (Å²) < 4.78 is 5.88. The van der Waals surface area contributed by atoms with Crippen LogP contribution in [-0.2, 0) is 9.59 Å². The molecule has 3 aromatic rings. The summed E-state index contributed by atoms with van der Waals surface area (Å²) in [6.45, 7) is 8.88. The van der Waals surface area contributed by atoms with Gasteiger partial charge in [-0.3, -0.25) is 9.59 Å². The van der Waals surface area contributed by atoms with Gasteiger partial charge >= 0.3 is 11.9 Å². The third-order valence-corrected chi connectivity index (χ3v) is 9.30. The summed E-state index contributed by atoms with van der Waals surface area (Å²) in [6.07, 6.45) is 0. The standard InChI is InChI=1S/C34H33Cl2N5O7/c1-6-39(7-2)19-8-11-22(27(16-19)48-5)30(28-17(3)37-40(31(28)42)20-9-12-25(35)23(14-20)33(44)45)29-18(4)38-41(32(29)43)21-10-13-26(36)24(15-21)34(46)47/h8-16,28-30H,6-7H2,1-5H3,(H,44,45)(H,46,47). The maximum absolute atomic E-state index is 14.4. The first-order valence-electron chi connectivity index (χ1n) is 15.1. The highest BCUT2D eigenvalue weighted by molar-refractivity contribution is 6.34. The number of aromatic carboxylic acids is 2.